The maximum atomic E-state index is 10.7. The Kier molecular flexibility index (Phi) is 7.88. The summed E-state index contributed by atoms with van der Waals surface area (Å²) >= 11 is 0. The Morgan fingerprint density at radius 2 is 1.58 bits per heavy atom. The van der Waals surface area contributed by atoms with Crippen LogP contribution in [0.15, 0.2) is 0 Å². The van der Waals surface area contributed by atoms with Crippen molar-refractivity contribution in [2.75, 3.05) is 20.8 Å². The molecule has 0 spiro atoms. The first-order chi connectivity index (χ1) is 5.17. The van der Waals surface area contributed by atoms with Gasteiger partial charge in [0.05, 0.1) is 14.2 Å². The molecule has 0 atom stereocenters. The van der Waals surface area contributed by atoms with Gasteiger partial charge in [0.1, 0.15) is 0 Å². The largest absolute Gasteiger partial charge is 0.468 e. The summed E-state index contributed by atoms with van der Waals surface area (Å²) in [7, 11) is 2.38. The molecule has 0 saturated carbocycles. The molecule has 2 N–H and O–H groups in total. The van der Waals surface area contributed by atoms with Gasteiger partial charge in [-0.1, -0.05) is 0 Å². The maximum absolute atomic E-state index is 10.7. The first-order valence-corrected chi connectivity index (χ1v) is 3.03. The minimum atomic E-state index is -0.995. The third kappa shape index (κ3) is 3.54. The van der Waals surface area contributed by atoms with Crippen molar-refractivity contribution in [1.82, 2.24) is 0 Å². The summed E-state index contributed by atoms with van der Waals surface area (Å²) in [5, 5.41) is 0. The van der Waals surface area contributed by atoms with Crippen LogP contribution in [0.2, 0.25) is 0 Å². The van der Waals surface area contributed by atoms with Crippen molar-refractivity contribution < 1.29 is 19.1 Å². The molecule has 0 aliphatic heterocycles. The van der Waals surface area contributed by atoms with Gasteiger partial charge in [0.25, 0.3) is 0 Å². The van der Waals surface area contributed by atoms with E-state index in [9.17, 15) is 9.59 Å². The van der Waals surface area contributed by atoms with E-state index in [1.807, 2.05) is 0 Å². The van der Waals surface area contributed by atoms with Gasteiger partial charge in [-0.05, 0) is 0 Å². The van der Waals surface area contributed by atoms with E-state index in [0.717, 1.165) is 0 Å². The van der Waals surface area contributed by atoms with Crippen LogP contribution in [0.3, 0.4) is 0 Å². The van der Waals surface area contributed by atoms with E-state index in [1.165, 1.54) is 14.2 Å². The van der Waals surface area contributed by atoms with E-state index in [1.54, 1.807) is 0 Å². The highest BCUT2D eigenvalue weighted by molar-refractivity contribution is 5.95. The van der Waals surface area contributed by atoms with E-state index >= 15 is 0 Å². The molecule has 0 aromatic carbocycles. The highest BCUT2D eigenvalue weighted by Gasteiger charge is 2.26. The predicted molar refractivity (Wildman–Crippen MR) is 43.8 cm³/mol. The van der Waals surface area contributed by atoms with Crippen LogP contribution < -0.4 is 5.73 Å². The van der Waals surface area contributed by atoms with E-state index in [4.69, 9.17) is 5.73 Å². The third-order valence-electron chi connectivity index (χ3n) is 1.21. The van der Waals surface area contributed by atoms with Gasteiger partial charge in [-0.25, -0.2) is 0 Å². The van der Waals surface area contributed by atoms with Crippen molar-refractivity contribution in [2.24, 2.45) is 11.7 Å². The molecule has 0 saturated heterocycles. The summed E-state index contributed by atoms with van der Waals surface area (Å²) < 4.78 is 8.61. The van der Waals surface area contributed by atoms with Crippen LogP contribution >= 0.6 is 12.4 Å². The minimum absolute atomic E-state index is 0. The number of hydrogen-bond donors (Lipinski definition) is 1. The molecular weight excluding hydrogens is 186 g/mol. The molecule has 0 aromatic heterocycles. The third-order valence-corrected chi connectivity index (χ3v) is 1.21. The highest BCUT2D eigenvalue weighted by Crippen LogP contribution is 1.98. The molecule has 0 heterocycles. The summed E-state index contributed by atoms with van der Waals surface area (Å²) in [5.74, 6) is -2.33. The molecule has 0 bridgehead atoms. The van der Waals surface area contributed by atoms with Gasteiger partial charge in [-0.15, -0.1) is 12.4 Å². The van der Waals surface area contributed by atoms with Crippen molar-refractivity contribution in [3.8, 4) is 0 Å². The molecule has 6 heteroatoms. The van der Waals surface area contributed by atoms with Crippen LogP contribution in [0, 0.1) is 5.92 Å². The Balaban J connectivity index is 0. The summed E-state index contributed by atoms with van der Waals surface area (Å²) in [6.45, 7) is -0.0979. The number of carbonyl (C=O) groups is 2. The van der Waals surface area contributed by atoms with Gasteiger partial charge in [0, 0.05) is 6.54 Å². The number of carbonyl (C=O) groups excluding carboxylic acids is 2. The zero-order valence-electron chi connectivity index (χ0n) is 6.90. The Labute approximate surface area is 76.6 Å². The van der Waals surface area contributed by atoms with Gasteiger partial charge in [0.2, 0.25) is 0 Å². The lowest BCUT2D eigenvalue weighted by Gasteiger charge is -2.08. The second-order valence-corrected chi connectivity index (χ2v) is 1.83. The molecule has 12 heavy (non-hydrogen) atoms. The zero-order chi connectivity index (χ0) is 8.85. The van der Waals surface area contributed by atoms with E-state index in [2.05, 4.69) is 9.47 Å². The molecule has 0 aromatic rings. The molecule has 5 nitrogen and oxygen atoms in total. The summed E-state index contributed by atoms with van der Waals surface area (Å²) in [4.78, 5) is 21.5. The Morgan fingerprint density at radius 1 is 1.25 bits per heavy atom. The lowest BCUT2D eigenvalue weighted by atomic mass is 10.1. The fraction of sp³-hybridized carbons (Fsp3) is 0.667. The lowest BCUT2D eigenvalue weighted by Crippen LogP contribution is -2.33. The monoisotopic (exact) mass is 197 g/mol. The van der Waals surface area contributed by atoms with Crippen LogP contribution in [0.5, 0.6) is 0 Å². The first kappa shape index (κ1) is 13.8. The SMILES string of the molecule is COC(=O)C(CN)C(=O)OC.Cl. The zero-order valence-corrected chi connectivity index (χ0v) is 7.72. The van der Waals surface area contributed by atoms with E-state index < -0.39 is 17.9 Å². The van der Waals surface area contributed by atoms with E-state index in [-0.39, 0.29) is 19.0 Å². The quantitative estimate of drug-likeness (QED) is 0.480. The number of nitrogens with two attached hydrogens (primary N) is 1. The Bertz CT molecular complexity index is 146. The lowest BCUT2D eigenvalue weighted by molar-refractivity contribution is -0.158. The van der Waals surface area contributed by atoms with Gasteiger partial charge < -0.3 is 15.2 Å². The average Bonchev–Trinajstić information content (AvgIpc) is 2.05. The summed E-state index contributed by atoms with van der Waals surface area (Å²) in [6.07, 6.45) is 0. The first-order valence-electron chi connectivity index (χ1n) is 3.03. The predicted octanol–water partition coefficient (Wildman–Crippen LogP) is -0.671. The van der Waals surface area contributed by atoms with Crippen LogP contribution in [0.1, 0.15) is 0 Å². The fourth-order valence-corrected chi connectivity index (χ4v) is 0.573. The van der Waals surface area contributed by atoms with Gasteiger partial charge in [0.15, 0.2) is 5.92 Å². The number of esters is 2. The van der Waals surface area contributed by atoms with Crippen molar-refractivity contribution in [2.45, 2.75) is 0 Å². The molecule has 72 valence electrons. The smallest absolute Gasteiger partial charge is 0.321 e. The van der Waals surface area contributed by atoms with Gasteiger partial charge >= 0.3 is 11.9 Å². The topological polar surface area (TPSA) is 78.6 Å². The second-order valence-electron chi connectivity index (χ2n) is 1.83. The molecule has 0 radical (unpaired) electrons. The molecule has 0 fully saturated rings. The van der Waals surface area contributed by atoms with Crippen molar-refractivity contribution in [3.63, 3.8) is 0 Å². The van der Waals surface area contributed by atoms with Crippen LogP contribution in [0.4, 0.5) is 0 Å². The van der Waals surface area contributed by atoms with Crippen molar-refractivity contribution in [3.05, 3.63) is 0 Å². The second kappa shape index (κ2) is 6.87. The molecule has 0 rings (SSSR count). The molecule has 0 amide bonds. The molecular formula is C6H12ClNO4. The molecule has 0 unspecified atom stereocenters. The fourth-order valence-electron chi connectivity index (χ4n) is 0.573. The highest BCUT2D eigenvalue weighted by atomic mass is 35.5. The Morgan fingerprint density at radius 3 is 1.75 bits per heavy atom. The van der Waals surface area contributed by atoms with Crippen molar-refractivity contribution in [1.29, 1.82) is 0 Å². The van der Waals surface area contributed by atoms with E-state index in [0.29, 0.717) is 0 Å². The van der Waals surface area contributed by atoms with Crippen LogP contribution in [-0.4, -0.2) is 32.7 Å². The number of halogens is 1. The molecule has 0 aliphatic carbocycles. The summed E-state index contributed by atoms with van der Waals surface area (Å²) in [5.41, 5.74) is 5.12. The minimum Gasteiger partial charge on any atom is -0.468 e. The number of hydrogen-bond acceptors (Lipinski definition) is 5. The standard InChI is InChI=1S/C6H11NO4.ClH/c1-10-5(8)4(3-7)6(9)11-2;/h4H,3,7H2,1-2H3;1H. The number of ether oxygens (including phenoxy) is 2. The maximum Gasteiger partial charge on any atom is 0.321 e. The van der Waals surface area contributed by atoms with Crippen LogP contribution in [0.25, 0.3) is 0 Å². The number of rotatable bonds is 3. The average molecular weight is 198 g/mol. The normalized spacial score (nSPS) is 8.67. The Hall–Kier alpha value is -0.810. The molecule has 0 aliphatic rings. The van der Waals surface area contributed by atoms with Crippen LogP contribution in [-0.2, 0) is 19.1 Å². The number of methoxy groups -OCH3 is 2. The summed E-state index contributed by atoms with van der Waals surface area (Å²) in [6, 6.07) is 0. The van der Waals surface area contributed by atoms with Gasteiger partial charge in [-0.2, -0.15) is 0 Å². The van der Waals surface area contributed by atoms with Crippen molar-refractivity contribution >= 4 is 24.3 Å². The van der Waals surface area contributed by atoms with Gasteiger partial charge in [-0.3, -0.25) is 9.59 Å².